The van der Waals surface area contributed by atoms with Gasteiger partial charge in [0.1, 0.15) is 17.8 Å². The molecule has 2 heterocycles. The summed E-state index contributed by atoms with van der Waals surface area (Å²) in [5, 5.41) is 4.50. The normalized spacial score (nSPS) is 17.3. The minimum atomic E-state index is -0.214. The van der Waals surface area contributed by atoms with Crippen LogP contribution in [0.1, 0.15) is 40.0 Å². The Bertz CT molecular complexity index is 1250. The third-order valence-electron chi connectivity index (χ3n) is 6.04. The number of benzene rings is 3. The fourth-order valence-electron chi connectivity index (χ4n) is 4.38. The van der Waals surface area contributed by atoms with Crippen LogP contribution < -0.4 is 14.4 Å². The minimum absolute atomic E-state index is 0.0760. The van der Waals surface area contributed by atoms with E-state index in [1.807, 2.05) is 71.4 Å². The summed E-state index contributed by atoms with van der Waals surface area (Å²) in [4.78, 5) is 20.1. The van der Waals surface area contributed by atoms with Crippen LogP contribution in [0.5, 0.6) is 11.5 Å². The van der Waals surface area contributed by atoms with E-state index >= 15 is 0 Å². The molecule has 2 atom stereocenters. The SMILES string of the molecule is COc1ccc([C@H]2C[C@H](c3ccccc3)N(C(=O)c3cccc(OC)c3)c3ncnn32)cc1. The van der Waals surface area contributed by atoms with Crippen molar-refractivity contribution < 1.29 is 14.3 Å². The van der Waals surface area contributed by atoms with E-state index in [1.165, 1.54) is 6.33 Å². The number of amides is 1. The van der Waals surface area contributed by atoms with E-state index in [9.17, 15) is 4.79 Å². The van der Waals surface area contributed by atoms with Gasteiger partial charge in [-0.05, 0) is 47.9 Å². The molecule has 0 saturated heterocycles. The van der Waals surface area contributed by atoms with Gasteiger partial charge in [0.2, 0.25) is 5.95 Å². The van der Waals surface area contributed by atoms with Crippen LogP contribution in [0.3, 0.4) is 0 Å². The molecule has 33 heavy (non-hydrogen) atoms. The fourth-order valence-corrected chi connectivity index (χ4v) is 4.38. The lowest BCUT2D eigenvalue weighted by Crippen LogP contribution is -2.42. The Morgan fingerprint density at radius 2 is 1.58 bits per heavy atom. The van der Waals surface area contributed by atoms with Crippen LogP contribution in [-0.2, 0) is 0 Å². The molecule has 0 spiro atoms. The highest BCUT2D eigenvalue weighted by atomic mass is 16.5. The zero-order valence-electron chi connectivity index (χ0n) is 18.5. The number of rotatable bonds is 5. The maximum Gasteiger partial charge on any atom is 0.261 e. The molecule has 3 aromatic carbocycles. The van der Waals surface area contributed by atoms with Gasteiger partial charge in [0.05, 0.1) is 26.3 Å². The molecule has 1 aliphatic rings. The number of hydrogen-bond acceptors (Lipinski definition) is 5. The lowest BCUT2D eigenvalue weighted by Gasteiger charge is -2.39. The zero-order chi connectivity index (χ0) is 22.8. The van der Waals surface area contributed by atoms with Crippen molar-refractivity contribution in [2.75, 3.05) is 19.1 Å². The molecule has 4 aromatic rings. The van der Waals surface area contributed by atoms with Gasteiger partial charge in [-0.25, -0.2) is 4.68 Å². The third-order valence-corrected chi connectivity index (χ3v) is 6.04. The number of carbonyl (C=O) groups is 1. The van der Waals surface area contributed by atoms with Crippen molar-refractivity contribution in [3.05, 3.63) is 102 Å². The molecule has 1 aromatic heterocycles. The van der Waals surface area contributed by atoms with Crippen molar-refractivity contribution in [3.63, 3.8) is 0 Å². The molecule has 0 N–H and O–H groups in total. The zero-order valence-corrected chi connectivity index (χ0v) is 18.5. The van der Waals surface area contributed by atoms with E-state index in [0.29, 0.717) is 23.7 Å². The first kappa shape index (κ1) is 20.8. The smallest absolute Gasteiger partial charge is 0.261 e. The first-order chi connectivity index (χ1) is 16.2. The maximum absolute atomic E-state index is 13.8. The summed E-state index contributed by atoms with van der Waals surface area (Å²) in [5.74, 6) is 1.79. The van der Waals surface area contributed by atoms with E-state index in [4.69, 9.17) is 9.47 Å². The van der Waals surface area contributed by atoms with Gasteiger partial charge in [-0.1, -0.05) is 48.5 Å². The molecule has 0 radical (unpaired) electrons. The van der Waals surface area contributed by atoms with Crippen molar-refractivity contribution in [2.24, 2.45) is 0 Å². The van der Waals surface area contributed by atoms with Gasteiger partial charge in [-0.3, -0.25) is 9.69 Å². The molecular weight excluding hydrogens is 416 g/mol. The van der Waals surface area contributed by atoms with E-state index in [0.717, 1.165) is 16.9 Å². The van der Waals surface area contributed by atoms with Gasteiger partial charge in [0.25, 0.3) is 5.91 Å². The maximum atomic E-state index is 13.8. The standard InChI is InChI=1S/C26H24N4O3/c1-32-21-13-11-19(12-14-21)24-16-23(18-7-4-3-5-8-18)29(26-27-17-28-30(24)26)25(31)20-9-6-10-22(15-20)33-2/h3-15,17,23-24H,16H2,1-2H3/t23-,24-/m1/s1. The first-order valence-corrected chi connectivity index (χ1v) is 10.8. The minimum Gasteiger partial charge on any atom is -0.497 e. The second kappa shape index (κ2) is 8.78. The number of carbonyl (C=O) groups excluding carboxylic acids is 1. The molecule has 0 aliphatic carbocycles. The van der Waals surface area contributed by atoms with Crippen LogP contribution in [0.4, 0.5) is 5.95 Å². The predicted molar refractivity (Wildman–Crippen MR) is 125 cm³/mol. The number of methoxy groups -OCH3 is 2. The van der Waals surface area contributed by atoms with Crippen LogP contribution in [0.2, 0.25) is 0 Å². The summed E-state index contributed by atoms with van der Waals surface area (Å²) >= 11 is 0. The summed E-state index contributed by atoms with van der Waals surface area (Å²) in [6.45, 7) is 0. The molecule has 1 aliphatic heterocycles. The summed E-state index contributed by atoms with van der Waals surface area (Å²) < 4.78 is 12.5. The Balaban J connectivity index is 1.62. The summed E-state index contributed by atoms with van der Waals surface area (Å²) in [5.41, 5.74) is 2.66. The molecule has 7 nitrogen and oxygen atoms in total. The number of aromatic nitrogens is 3. The number of nitrogens with zero attached hydrogens (tertiary/aromatic N) is 4. The van der Waals surface area contributed by atoms with Gasteiger partial charge in [-0.15, -0.1) is 0 Å². The van der Waals surface area contributed by atoms with Gasteiger partial charge < -0.3 is 9.47 Å². The van der Waals surface area contributed by atoms with E-state index in [-0.39, 0.29) is 18.0 Å². The van der Waals surface area contributed by atoms with Gasteiger partial charge in [0.15, 0.2) is 0 Å². The lowest BCUT2D eigenvalue weighted by atomic mass is 9.91. The van der Waals surface area contributed by atoms with Crippen LogP contribution in [0.25, 0.3) is 0 Å². The summed E-state index contributed by atoms with van der Waals surface area (Å²) in [7, 11) is 3.24. The van der Waals surface area contributed by atoms with Crippen molar-refractivity contribution in [2.45, 2.75) is 18.5 Å². The molecule has 5 rings (SSSR count). The number of hydrogen-bond donors (Lipinski definition) is 0. The van der Waals surface area contributed by atoms with Crippen molar-refractivity contribution in [1.29, 1.82) is 0 Å². The van der Waals surface area contributed by atoms with Crippen LogP contribution in [0, 0.1) is 0 Å². The van der Waals surface area contributed by atoms with E-state index < -0.39 is 0 Å². The molecule has 0 fully saturated rings. The molecule has 166 valence electrons. The predicted octanol–water partition coefficient (Wildman–Crippen LogP) is 4.68. The monoisotopic (exact) mass is 440 g/mol. The average Bonchev–Trinajstić information content (AvgIpc) is 3.38. The summed E-state index contributed by atoms with van der Waals surface area (Å²) in [6, 6.07) is 24.9. The van der Waals surface area contributed by atoms with Crippen LogP contribution in [-0.4, -0.2) is 34.9 Å². The Morgan fingerprint density at radius 3 is 2.30 bits per heavy atom. The highest BCUT2D eigenvalue weighted by molar-refractivity contribution is 6.06. The quantitative estimate of drug-likeness (QED) is 0.451. The third kappa shape index (κ3) is 3.82. The van der Waals surface area contributed by atoms with Gasteiger partial charge in [-0.2, -0.15) is 10.1 Å². The van der Waals surface area contributed by atoms with E-state index in [2.05, 4.69) is 10.1 Å². The Hall–Kier alpha value is -4.13. The molecule has 0 bridgehead atoms. The largest absolute Gasteiger partial charge is 0.497 e. The molecule has 0 saturated carbocycles. The fraction of sp³-hybridized carbons (Fsp3) is 0.192. The second-order valence-electron chi connectivity index (χ2n) is 7.86. The van der Waals surface area contributed by atoms with E-state index in [1.54, 1.807) is 31.3 Å². The number of anilines is 1. The van der Waals surface area contributed by atoms with Crippen LogP contribution in [0.15, 0.2) is 85.2 Å². The average molecular weight is 441 g/mol. The Morgan fingerprint density at radius 1 is 0.848 bits per heavy atom. The molecule has 7 heteroatoms. The second-order valence-corrected chi connectivity index (χ2v) is 7.86. The van der Waals surface area contributed by atoms with Crippen molar-refractivity contribution >= 4 is 11.9 Å². The molecular formula is C26H24N4O3. The van der Waals surface area contributed by atoms with Gasteiger partial charge in [0, 0.05) is 5.56 Å². The van der Waals surface area contributed by atoms with Crippen molar-refractivity contribution in [1.82, 2.24) is 14.8 Å². The molecule has 0 unspecified atom stereocenters. The van der Waals surface area contributed by atoms with Crippen LogP contribution >= 0.6 is 0 Å². The lowest BCUT2D eigenvalue weighted by molar-refractivity contribution is 0.0963. The highest BCUT2D eigenvalue weighted by Crippen LogP contribution is 2.42. The molecule has 1 amide bonds. The summed E-state index contributed by atoms with van der Waals surface area (Å²) in [6.07, 6.45) is 2.16. The first-order valence-electron chi connectivity index (χ1n) is 10.8. The van der Waals surface area contributed by atoms with Crippen molar-refractivity contribution in [3.8, 4) is 11.5 Å². The number of ether oxygens (including phenoxy) is 2. The van der Waals surface area contributed by atoms with Gasteiger partial charge >= 0.3 is 0 Å². The Kier molecular flexibility index (Phi) is 5.52. The number of fused-ring (bicyclic) bond motifs is 1. The Labute approximate surface area is 192 Å². The topological polar surface area (TPSA) is 69.5 Å². The highest BCUT2D eigenvalue weighted by Gasteiger charge is 2.39.